The molecule has 0 radical (unpaired) electrons. The topological polar surface area (TPSA) is 51.0 Å². The predicted octanol–water partition coefficient (Wildman–Crippen LogP) is 5.38. The van der Waals surface area contributed by atoms with Gasteiger partial charge in [-0.05, 0) is 31.2 Å². The number of nitrogens with zero attached hydrogens (tertiary/aromatic N) is 3. The van der Waals surface area contributed by atoms with Crippen LogP contribution in [-0.4, -0.2) is 37.0 Å². The van der Waals surface area contributed by atoms with Crippen molar-refractivity contribution in [1.82, 2.24) is 14.9 Å². The summed E-state index contributed by atoms with van der Waals surface area (Å²) < 4.78 is 56.5. The van der Waals surface area contributed by atoms with Gasteiger partial charge < -0.3 is 14.4 Å². The van der Waals surface area contributed by atoms with Crippen molar-refractivity contribution in [2.24, 2.45) is 0 Å². The fourth-order valence-electron chi connectivity index (χ4n) is 4.78. The van der Waals surface area contributed by atoms with Crippen molar-refractivity contribution >= 4 is 11.3 Å². The van der Waals surface area contributed by atoms with Crippen LogP contribution < -0.4 is 15.0 Å². The smallest absolute Gasteiger partial charge is 0.169 e. The standard InChI is InChI=1S/C27H27F3N4O2/c1-16-24(25-19(28)9-10-20(29)26(25)30)22-11-8-17(27(33(2)3)34(22)32-16)14-35-15-31-21-12-13-36-23-7-5-4-6-18(21)23/h4-11,21,31H,12-15H2,1-3H3/t21-/m0/s1. The summed E-state index contributed by atoms with van der Waals surface area (Å²) in [6.07, 6.45) is 0.845. The van der Waals surface area contributed by atoms with Gasteiger partial charge in [-0.1, -0.05) is 24.3 Å². The van der Waals surface area contributed by atoms with Gasteiger partial charge in [0.2, 0.25) is 0 Å². The second kappa shape index (κ2) is 9.83. The molecule has 6 nitrogen and oxygen atoms in total. The van der Waals surface area contributed by atoms with Gasteiger partial charge in [0.1, 0.15) is 17.4 Å². The number of para-hydroxylation sites is 1. The number of anilines is 1. The minimum Gasteiger partial charge on any atom is -0.493 e. The molecule has 1 N–H and O–H groups in total. The minimum absolute atomic E-state index is 0.137. The Morgan fingerprint density at radius 1 is 1.06 bits per heavy atom. The predicted molar refractivity (Wildman–Crippen MR) is 132 cm³/mol. The average Bonchev–Trinajstić information content (AvgIpc) is 3.19. The van der Waals surface area contributed by atoms with Crippen LogP contribution in [0.25, 0.3) is 16.6 Å². The highest BCUT2D eigenvalue weighted by Crippen LogP contribution is 2.36. The summed E-state index contributed by atoms with van der Waals surface area (Å²) >= 11 is 0. The fourth-order valence-corrected chi connectivity index (χ4v) is 4.78. The maximum absolute atomic E-state index is 14.6. The lowest BCUT2D eigenvalue weighted by Crippen LogP contribution is -2.29. The lowest BCUT2D eigenvalue weighted by molar-refractivity contribution is 0.0894. The fraction of sp³-hybridized carbons (Fsp3) is 0.296. The molecule has 1 aliphatic rings. The SMILES string of the molecule is Cc1nn2c(N(C)C)c(COCN[C@H]3CCOc4ccccc43)ccc2c1-c1c(F)ccc(F)c1F. The van der Waals surface area contributed by atoms with Crippen LogP contribution in [0.4, 0.5) is 19.0 Å². The van der Waals surface area contributed by atoms with Crippen molar-refractivity contribution in [3.05, 3.63) is 82.8 Å². The van der Waals surface area contributed by atoms with Crippen molar-refractivity contribution in [1.29, 1.82) is 0 Å². The van der Waals surface area contributed by atoms with Gasteiger partial charge in [-0.3, -0.25) is 5.32 Å². The number of fused-ring (bicyclic) bond motifs is 2. The molecule has 2 aromatic heterocycles. The Bertz CT molecular complexity index is 1420. The first kappa shape index (κ1) is 24.1. The van der Waals surface area contributed by atoms with E-state index in [4.69, 9.17) is 9.47 Å². The average molecular weight is 497 g/mol. The number of hydrogen-bond acceptors (Lipinski definition) is 5. The zero-order valence-electron chi connectivity index (χ0n) is 20.3. The van der Waals surface area contributed by atoms with E-state index < -0.39 is 23.0 Å². The molecular weight excluding hydrogens is 469 g/mol. The quantitative estimate of drug-likeness (QED) is 0.212. The van der Waals surface area contributed by atoms with Crippen molar-refractivity contribution in [2.75, 3.05) is 32.3 Å². The largest absolute Gasteiger partial charge is 0.493 e. The third-order valence-electron chi connectivity index (χ3n) is 6.39. The lowest BCUT2D eigenvalue weighted by Gasteiger charge is -2.26. The van der Waals surface area contributed by atoms with Crippen LogP contribution in [0.1, 0.15) is 29.3 Å². The molecule has 1 aliphatic heterocycles. The summed E-state index contributed by atoms with van der Waals surface area (Å²) in [5, 5.41) is 7.97. The molecule has 9 heteroatoms. The van der Waals surface area contributed by atoms with Crippen LogP contribution in [0.15, 0.2) is 48.5 Å². The third-order valence-corrected chi connectivity index (χ3v) is 6.39. The van der Waals surface area contributed by atoms with Gasteiger partial charge in [0.05, 0.1) is 36.7 Å². The number of aryl methyl sites for hydroxylation is 1. The number of halogens is 3. The molecule has 0 saturated heterocycles. The van der Waals surface area contributed by atoms with E-state index in [9.17, 15) is 13.2 Å². The van der Waals surface area contributed by atoms with E-state index in [1.54, 1.807) is 17.5 Å². The summed E-state index contributed by atoms with van der Waals surface area (Å²) in [5.41, 5.74) is 2.62. The first-order chi connectivity index (χ1) is 17.4. The molecule has 4 aromatic rings. The molecule has 0 spiro atoms. The van der Waals surface area contributed by atoms with E-state index in [0.717, 1.165) is 35.4 Å². The van der Waals surface area contributed by atoms with Crippen LogP contribution in [0.3, 0.4) is 0 Å². The van der Waals surface area contributed by atoms with Gasteiger partial charge in [-0.15, -0.1) is 0 Å². The van der Waals surface area contributed by atoms with Crippen LogP contribution in [0.2, 0.25) is 0 Å². The number of ether oxygens (including phenoxy) is 2. The lowest BCUT2D eigenvalue weighted by atomic mass is 10.0. The molecule has 0 fully saturated rings. The number of hydrogen-bond donors (Lipinski definition) is 1. The number of rotatable bonds is 7. The van der Waals surface area contributed by atoms with E-state index >= 15 is 0 Å². The molecule has 3 heterocycles. The molecule has 0 amide bonds. The zero-order chi connectivity index (χ0) is 25.4. The Labute approximate surface area is 207 Å². The molecule has 0 unspecified atom stereocenters. The summed E-state index contributed by atoms with van der Waals surface area (Å²) in [7, 11) is 3.71. The Morgan fingerprint density at radius 2 is 1.83 bits per heavy atom. The van der Waals surface area contributed by atoms with E-state index in [1.165, 1.54) is 0 Å². The van der Waals surface area contributed by atoms with Crippen LogP contribution in [0, 0.1) is 24.4 Å². The maximum atomic E-state index is 14.6. The second-order valence-electron chi connectivity index (χ2n) is 8.98. The number of aromatic nitrogens is 2. The van der Waals surface area contributed by atoms with E-state index in [2.05, 4.69) is 10.4 Å². The van der Waals surface area contributed by atoms with Gasteiger partial charge in [-0.25, -0.2) is 17.7 Å². The highest BCUT2D eigenvalue weighted by Gasteiger charge is 2.24. The van der Waals surface area contributed by atoms with Gasteiger partial charge in [0.25, 0.3) is 0 Å². The molecule has 1 atom stereocenters. The van der Waals surface area contributed by atoms with Crippen molar-refractivity contribution in [2.45, 2.75) is 26.0 Å². The number of nitrogens with one attached hydrogen (secondary N) is 1. The molecule has 188 valence electrons. The third kappa shape index (κ3) is 4.29. The van der Waals surface area contributed by atoms with E-state index in [-0.39, 0.29) is 18.2 Å². The molecule has 36 heavy (non-hydrogen) atoms. The summed E-state index contributed by atoms with van der Waals surface area (Å²) in [4.78, 5) is 1.86. The van der Waals surface area contributed by atoms with Crippen LogP contribution >= 0.6 is 0 Å². The van der Waals surface area contributed by atoms with E-state index in [1.807, 2.05) is 49.3 Å². The summed E-state index contributed by atoms with van der Waals surface area (Å²) in [5.74, 6) is -1.59. The molecule has 2 aromatic carbocycles. The van der Waals surface area contributed by atoms with Gasteiger partial charge in [0, 0.05) is 43.2 Å². The maximum Gasteiger partial charge on any atom is 0.169 e. The zero-order valence-corrected chi connectivity index (χ0v) is 20.3. The molecule has 0 aliphatic carbocycles. The monoisotopic (exact) mass is 496 g/mol. The second-order valence-corrected chi connectivity index (χ2v) is 8.98. The van der Waals surface area contributed by atoms with E-state index in [0.29, 0.717) is 30.4 Å². The molecule has 5 rings (SSSR count). The van der Waals surface area contributed by atoms with Crippen molar-refractivity contribution in [3.63, 3.8) is 0 Å². The molecule has 0 saturated carbocycles. The van der Waals surface area contributed by atoms with Gasteiger partial charge in [-0.2, -0.15) is 5.10 Å². The van der Waals surface area contributed by atoms with Crippen molar-refractivity contribution in [3.8, 4) is 16.9 Å². The highest BCUT2D eigenvalue weighted by molar-refractivity contribution is 5.84. The van der Waals surface area contributed by atoms with Crippen LogP contribution in [0.5, 0.6) is 5.75 Å². The Balaban J connectivity index is 1.40. The Kier molecular flexibility index (Phi) is 6.59. The Hall–Kier alpha value is -3.56. The molecular formula is C27H27F3N4O2. The normalized spacial score (nSPS) is 15.1. The minimum atomic E-state index is -1.23. The van der Waals surface area contributed by atoms with Crippen LogP contribution in [-0.2, 0) is 11.3 Å². The highest BCUT2D eigenvalue weighted by atomic mass is 19.2. The number of benzene rings is 2. The number of pyridine rings is 1. The summed E-state index contributed by atoms with van der Waals surface area (Å²) in [6.45, 7) is 2.91. The van der Waals surface area contributed by atoms with Gasteiger partial charge >= 0.3 is 0 Å². The summed E-state index contributed by atoms with van der Waals surface area (Å²) in [6, 6.07) is 13.4. The first-order valence-corrected chi connectivity index (χ1v) is 11.7. The van der Waals surface area contributed by atoms with Crippen molar-refractivity contribution < 1.29 is 22.6 Å². The Morgan fingerprint density at radius 3 is 2.64 bits per heavy atom. The van der Waals surface area contributed by atoms with Gasteiger partial charge in [0.15, 0.2) is 11.6 Å². The molecule has 0 bridgehead atoms. The first-order valence-electron chi connectivity index (χ1n) is 11.7.